The number of carbonyl (C=O) groups excluding carboxylic acids is 2. The maximum atomic E-state index is 12.5. The number of H-pyrrole nitrogens is 1. The first-order valence-electron chi connectivity index (χ1n) is 15.6. The fourth-order valence-corrected chi connectivity index (χ4v) is 7.23. The molecule has 3 aliphatic rings. The number of aromatic nitrogens is 1. The zero-order valence-corrected chi connectivity index (χ0v) is 27.4. The molecule has 0 aliphatic carbocycles. The molecule has 242 valence electrons. The molecule has 1 aromatic heterocycles. The number of hydrogen-bond acceptors (Lipinski definition) is 5. The van der Waals surface area contributed by atoms with E-state index in [-0.39, 0.29) is 72.8 Å². The summed E-state index contributed by atoms with van der Waals surface area (Å²) in [5, 5.41) is 25.2. The predicted molar refractivity (Wildman–Crippen MR) is 172 cm³/mol. The molecule has 6 unspecified atom stereocenters. The van der Waals surface area contributed by atoms with Crippen LogP contribution in [-0.4, -0.2) is 56.7 Å². The van der Waals surface area contributed by atoms with E-state index in [9.17, 15) is 29.4 Å². The lowest BCUT2D eigenvalue weighted by Gasteiger charge is -2.19. The molecule has 0 spiro atoms. The van der Waals surface area contributed by atoms with Crippen LogP contribution in [0, 0.1) is 30.6 Å². The van der Waals surface area contributed by atoms with Crippen molar-refractivity contribution in [1.29, 1.82) is 0 Å². The van der Waals surface area contributed by atoms with E-state index >= 15 is 0 Å². The minimum absolute atomic E-state index is 0. The van der Waals surface area contributed by atoms with Gasteiger partial charge in [0.15, 0.2) is 0 Å². The zero-order chi connectivity index (χ0) is 31.6. The summed E-state index contributed by atoms with van der Waals surface area (Å²) in [6.07, 6.45) is 5.30. The normalized spacial score (nSPS) is 27.4. The molecular weight excluding hydrogens is 584 g/mol. The Labute approximate surface area is 265 Å². The number of halogens is 1. The van der Waals surface area contributed by atoms with Gasteiger partial charge in [0, 0.05) is 66.7 Å². The van der Waals surface area contributed by atoms with Crippen LogP contribution in [0.1, 0.15) is 95.7 Å². The number of aliphatic carboxylic acids is 2. The quantitative estimate of drug-likeness (QED) is 0.206. The van der Waals surface area contributed by atoms with Gasteiger partial charge in [-0.1, -0.05) is 34.1 Å². The zero-order valence-electron chi connectivity index (χ0n) is 26.6. The third kappa shape index (κ3) is 7.28. The highest BCUT2D eigenvalue weighted by Gasteiger charge is 2.40. The highest BCUT2D eigenvalue weighted by Crippen LogP contribution is 2.37. The number of amides is 2. The molecule has 2 fully saturated rings. The van der Waals surface area contributed by atoms with Crippen molar-refractivity contribution in [2.45, 2.75) is 105 Å². The summed E-state index contributed by atoms with van der Waals surface area (Å²) in [6, 6.07) is -0.0650. The number of carboxylic acid groups (broad SMARTS) is 2. The van der Waals surface area contributed by atoms with E-state index in [4.69, 9.17) is 4.99 Å². The van der Waals surface area contributed by atoms with Gasteiger partial charge in [0.05, 0.1) is 5.70 Å². The van der Waals surface area contributed by atoms with E-state index in [1.54, 1.807) is 0 Å². The fourth-order valence-electron chi connectivity index (χ4n) is 7.23. The van der Waals surface area contributed by atoms with Crippen LogP contribution in [0.5, 0.6) is 0 Å². The minimum Gasteiger partial charge on any atom is -0.481 e. The van der Waals surface area contributed by atoms with E-state index in [0.29, 0.717) is 31.4 Å². The SMILES string of the molecule is CCC1C(=O)NC(Cc2[nH]c(C=C3N=C(CC4NC(=O)C(C)C4CC)C(C)=C3CCC(=O)O)c(CCC(=O)O)c2C)C1C.Cl. The molecule has 0 saturated carbocycles. The average Bonchev–Trinajstić information content (AvgIpc) is 3.59. The van der Waals surface area contributed by atoms with E-state index in [0.717, 1.165) is 52.2 Å². The Kier molecular flexibility index (Phi) is 11.6. The molecule has 0 aromatic carbocycles. The van der Waals surface area contributed by atoms with Crippen molar-refractivity contribution >= 4 is 47.9 Å². The van der Waals surface area contributed by atoms with Gasteiger partial charge in [-0.2, -0.15) is 0 Å². The van der Waals surface area contributed by atoms with Gasteiger partial charge in [-0.3, -0.25) is 24.2 Å². The molecule has 10 nitrogen and oxygen atoms in total. The van der Waals surface area contributed by atoms with E-state index < -0.39 is 11.9 Å². The number of aliphatic imine (C=N–C) groups is 1. The Morgan fingerprint density at radius 2 is 1.55 bits per heavy atom. The largest absolute Gasteiger partial charge is 0.481 e. The number of allylic oxidation sites excluding steroid dienone is 2. The number of nitrogens with zero attached hydrogens (tertiary/aromatic N) is 1. The molecular formula is C33H47ClN4O6. The molecule has 4 heterocycles. The van der Waals surface area contributed by atoms with Crippen molar-refractivity contribution in [3.63, 3.8) is 0 Å². The standard InChI is InChI=1S/C33H46N4O6.ClH/c1-7-20-19(6)32(42)37-27(20)14-25-18(5)23(10-12-31(40)41)29(35-25)15-28-22(9-11-30(38)39)17(4)24(34-28)13-26-16(3)21(8-2)33(43)36-26;/h15-16,19-21,26-27,34H,7-14H2,1-6H3,(H,36,43)(H,37,42)(H,38,39)(H,40,41);1H. The molecule has 0 bridgehead atoms. The molecule has 44 heavy (non-hydrogen) atoms. The average molecular weight is 631 g/mol. The van der Waals surface area contributed by atoms with Gasteiger partial charge in [0.25, 0.3) is 0 Å². The van der Waals surface area contributed by atoms with Crippen molar-refractivity contribution in [2.75, 3.05) is 0 Å². The Hall–Kier alpha value is -3.40. The number of carbonyl (C=O) groups is 4. The second kappa shape index (κ2) is 14.6. The number of hydrogen-bond donors (Lipinski definition) is 5. The van der Waals surface area contributed by atoms with Gasteiger partial charge in [-0.15, -0.1) is 12.4 Å². The van der Waals surface area contributed by atoms with Crippen LogP contribution >= 0.6 is 12.4 Å². The molecule has 0 radical (unpaired) electrons. The maximum absolute atomic E-state index is 12.5. The third-order valence-electron chi connectivity index (χ3n) is 10.0. The molecule has 1 aromatic rings. The molecule has 2 amide bonds. The summed E-state index contributed by atoms with van der Waals surface area (Å²) in [7, 11) is 0. The lowest BCUT2D eigenvalue weighted by atomic mass is 9.86. The van der Waals surface area contributed by atoms with Crippen molar-refractivity contribution < 1.29 is 29.4 Å². The van der Waals surface area contributed by atoms with Gasteiger partial charge in [0.1, 0.15) is 0 Å². The molecule has 5 N–H and O–H groups in total. The van der Waals surface area contributed by atoms with Gasteiger partial charge in [0.2, 0.25) is 11.8 Å². The van der Waals surface area contributed by atoms with Gasteiger partial charge in [-0.25, -0.2) is 0 Å². The first-order valence-corrected chi connectivity index (χ1v) is 15.6. The smallest absolute Gasteiger partial charge is 0.303 e. The van der Waals surface area contributed by atoms with Crippen LogP contribution in [0.25, 0.3) is 6.08 Å². The third-order valence-corrected chi connectivity index (χ3v) is 10.0. The summed E-state index contributed by atoms with van der Waals surface area (Å²) in [6.45, 7) is 12.1. The first-order chi connectivity index (χ1) is 20.4. The van der Waals surface area contributed by atoms with Gasteiger partial charge in [-0.05, 0) is 73.3 Å². The van der Waals surface area contributed by atoms with Crippen molar-refractivity contribution in [2.24, 2.45) is 28.7 Å². The lowest BCUT2D eigenvalue weighted by Crippen LogP contribution is -2.31. The minimum atomic E-state index is -0.894. The van der Waals surface area contributed by atoms with Crippen molar-refractivity contribution in [3.05, 3.63) is 39.4 Å². The summed E-state index contributed by atoms with van der Waals surface area (Å²) in [5.74, 6) is -1.38. The number of nitrogens with one attached hydrogen (secondary N) is 3. The molecule has 11 heteroatoms. The van der Waals surface area contributed by atoms with Crippen molar-refractivity contribution in [1.82, 2.24) is 15.6 Å². The molecule has 3 aliphatic heterocycles. The Morgan fingerprint density at radius 1 is 0.909 bits per heavy atom. The van der Waals surface area contributed by atoms with Gasteiger partial charge >= 0.3 is 11.9 Å². The fraction of sp³-hybridized carbons (Fsp3) is 0.606. The van der Waals surface area contributed by atoms with Crippen LogP contribution in [-0.2, 0) is 32.0 Å². The molecule has 4 rings (SSSR count). The summed E-state index contributed by atoms with van der Waals surface area (Å²) < 4.78 is 0. The Bertz CT molecular complexity index is 1390. The monoisotopic (exact) mass is 630 g/mol. The Morgan fingerprint density at radius 3 is 2.14 bits per heavy atom. The highest BCUT2D eigenvalue weighted by atomic mass is 35.5. The Balaban J connectivity index is 0.00000529. The van der Waals surface area contributed by atoms with Crippen LogP contribution in [0.2, 0.25) is 0 Å². The number of rotatable bonds is 13. The van der Waals surface area contributed by atoms with Crippen LogP contribution in [0.4, 0.5) is 0 Å². The lowest BCUT2D eigenvalue weighted by molar-refractivity contribution is -0.138. The first kappa shape index (κ1) is 35.1. The van der Waals surface area contributed by atoms with Crippen LogP contribution in [0.3, 0.4) is 0 Å². The topological polar surface area (TPSA) is 161 Å². The van der Waals surface area contributed by atoms with Crippen LogP contribution in [0.15, 0.2) is 21.8 Å². The summed E-state index contributed by atoms with van der Waals surface area (Å²) in [5.41, 5.74) is 6.85. The van der Waals surface area contributed by atoms with Gasteiger partial charge < -0.3 is 25.8 Å². The van der Waals surface area contributed by atoms with Crippen molar-refractivity contribution in [3.8, 4) is 0 Å². The van der Waals surface area contributed by atoms with Crippen LogP contribution < -0.4 is 10.6 Å². The van der Waals surface area contributed by atoms with E-state index in [1.807, 2.05) is 33.8 Å². The number of aromatic amines is 1. The maximum Gasteiger partial charge on any atom is 0.303 e. The van der Waals surface area contributed by atoms with E-state index in [1.165, 1.54) is 0 Å². The predicted octanol–water partition coefficient (Wildman–Crippen LogP) is 4.99. The van der Waals surface area contributed by atoms with E-state index in [2.05, 4.69) is 29.5 Å². The molecule has 6 atom stereocenters. The summed E-state index contributed by atoms with van der Waals surface area (Å²) in [4.78, 5) is 56.5. The molecule has 2 saturated heterocycles. The second-order valence-corrected chi connectivity index (χ2v) is 12.5. The highest BCUT2D eigenvalue weighted by molar-refractivity contribution is 6.06. The number of carboxylic acids is 2. The second-order valence-electron chi connectivity index (χ2n) is 12.5. The summed E-state index contributed by atoms with van der Waals surface area (Å²) >= 11 is 0.